The minimum absolute atomic E-state index is 0.0394. The van der Waals surface area contributed by atoms with Crippen LogP contribution in [0.15, 0.2) is 42.5 Å². The Morgan fingerprint density at radius 1 is 1.04 bits per heavy atom. The number of piperazine rings is 1. The maximum absolute atomic E-state index is 12.0. The molecule has 2 heterocycles. The maximum Gasteiger partial charge on any atom is 0.225 e. The Bertz CT molecular complexity index is 666. The molecular weight excluding hydrogens is 314 g/mol. The third kappa shape index (κ3) is 5.00. The number of nitrogens with zero attached hydrogens (tertiary/aromatic N) is 4. The highest BCUT2D eigenvalue weighted by molar-refractivity contribution is 5.89. The van der Waals surface area contributed by atoms with Crippen LogP contribution >= 0.6 is 0 Å². The second-order valence-electron chi connectivity index (χ2n) is 6.23. The van der Waals surface area contributed by atoms with Crippen molar-refractivity contribution in [3.05, 3.63) is 48.0 Å². The summed E-state index contributed by atoms with van der Waals surface area (Å²) in [6.07, 6.45) is 1.16. The molecule has 0 aliphatic carbocycles. The summed E-state index contributed by atoms with van der Waals surface area (Å²) >= 11 is 0. The molecule has 1 aromatic heterocycles. The van der Waals surface area contributed by atoms with Crippen LogP contribution in [0.3, 0.4) is 0 Å². The number of aryl methyl sites for hydroxylation is 1. The highest BCUT2D eigenvalue weighted by Gasteiger charge is 2.17. The number of carbonyl (C=O) groups excluding carboxylic acids is 1. The van der Waals surface area contributed by atoms with Crippen molar-refractivity contribution in [1.82, 2.24) is 15.1 Å². The Kier molecular flexibility index (Phi) is 5.95. The van der Waals surface area contributed by atoms with Gasteiger partial charge in [-0.3, -0.25) is 4.79 Å². The molecule has 1 fully saturated rings. The number of aromatic nitrogens is 2. The van der Waals surface area contributed by atoms with E-state index in [1.54, 1.807) is 0 Å². The summed E-state index contributed by atoms with van der Waals surface area (Å²) < 4.78 is 0. The molecule has 2 aromatic rings. The molecule has 0 bridgehead atoms. The van der Waals surface area contributed by atoms with Gasteiger partial charge in [0.1, 0.15) is 0 Å². The highest BCUT2D eigenvalue weighted by Crippen LogP contribution is 2.14. The molecule has 132 valence electrons. The van der Waals surface area contributed by atoms with Crippen LogP contribution in [-0.2, 0) is 11.2 Å². The van der Waals surface area contributed by atoms with Crippen molar-refractivity contribution >= 4 is 17.5 Å². The molecule has 1 aromatic carbocycles. The van der Waals surface area contributed by atoms with Gasteiger partial charge in [0, 0.05) is 32.6 Å². The van der Waals surface area contributed by atoms with Gasteiger partial charge in [0.05, 0.1) is 0 Å². The summed E-state index contributed by atoms with van der Waals surface area (Å²) in [7, 11) is 0. The zero-order valence-electron chi connectivity index (χ0n) is 14.7. The van der Waals surface area contributed by atoms with Gasteiger partial charge < -0.3 is 15.1 Å². The van der Waals surface area contributed by atoms with Gasteiger partial charge in [-0.2, -0.15) is 0 Å². The standard InChI is InChI=1S/C19H25N5O/c1-2-23-12-14-24(15-13-23)18-10-9-17(21-22-18)20-19(25)11-8-16-6-4-3-5-7-16/h3-7,9-10H,2,8,11-15H2,1H3,(H,20,21,25). The van der Waals surface area contributed by atoms with Crippen molar-refractivity contribution in [2.75, 3.05) is 42.9 Å². The summed E-state index contributed by atoms with van der Waals surface area (Å²) in [6.45, 7) is 7.31. The fraction of sp³-hybridized carbons (Fsp3) is 0.421. The summed E-state index contributed by atoms with van der Waals surface area (Å²) in [5, 5.41) is 11.2. The third-order valence-electron chi connectivity index (χ3n) is 4.55. The van der Waals surface area contributed by atoms with E-state index in [4.69, 9.17) is 0 Å². The lowest BCUT2D eigenvalue weighted by molar-refractivity contribution is -0.116. The summed E-state index contributed by atoms with van der Waals surface area (Å²) in [5.74, 6) is 1.34. The second-order valence-corrected chi connectivity index (χ2v) is 6.23. The molecule has 1 saturated heterocycles. The first kappa shape index (κ1) is 17.4. The first-order valence-corrected chi connectivity index (χ1v) is 8.89. The van der Waals surface area contributed by atoms with E-state index in [9.17, 15) is 4.79 Å². The quantitative estimate of drug-likeness (QED) is 0.874. The zero-order chi connectivity index (χ0) is 17.5. The van der Waals surface area contributed by atoms with Crippen LogP contribution in [0.1, 0.15) is 18.9 Å². The molecule has 6 nitrogen and oxygen atoms in total. The van der Waals surface area contributed by atoms with Crippen LogP contribution in [0.4, 0.5) is 11.6 Å². The van der Waals surface area contributed by atoms with Crippen LogP contribution < -0.4 is 10.2 Å². The number of rotatable bonds is 6. The van der Waals surface area contributed by atoms with Gasteiger partial charge in [0.15, 0.2) is 11.6 Å². The number of likely N-dealkylation sites (N-methyl/N-ethyl adjacent to an activating group) is 1. The van der Waals surface area contributed by atoms with E-state index in [1.165, 1.54) is 0 Å². The van der Waals surface area contributed by atoms with Gasteiger partial charge in [0.25, 0.3) is 0 Å². The molecule has 6 heteroatoms. The van der Waals surface area contributed by atoms with Gasteiger partial charge >= 0.3 is 0 Å². The first-order chi connectivity index (χ1) is 12.2. The largest absolute Gasteiger partial charge is 0.353 e. The summed E-state index contributed by atoms with van der Waals surface area (Å²) in [5.41, 5.74) is 1.16. The number of benzene rings is 1. The lowest BCUT2D eigenvalue weighted by atomic mass is 10.1. The molecule has 25 heavy (non-hydrogen) atoms. The summed E-state index contributed by atoms with van der Waals surface area (Å²) in [6, 6.07) is 13.8. The first-order valence-electron chi connectivity index (χ1n) is 8.89. The smallest absolute Gasteiger partial charge is 0.225 e. The van der Waals surface area contributed by atoms with Gasteiger partial charge in [-0.25, -0.2) is 0 Å². The lowest BCUT2D eigenvalue weighted by Gasteiger charge is -2.34. The van der Waals surface area contributed by atoms with E-state index in [0.717, 1.165) is 50.5 Å². The van der Waals surface area contributed by atoms with E-state index < -0.39 is 0 Å². The minimum atomic E-state index is -0.0394. The van der Waals surface area contributed by atoms with Gasteiger partial charge in [0.2, 0.25) is 5.91 Å². The summed E-state index contributed by atoms with van der Waals surface area (Å²) in [4.78, 5) is 16.7. The van der Waals surface area contributed by atoms with E-state index in [0.29, 0.717) is 12.2 Å². The third-order valence-corrected chi connectivity index (χ3v) is 4.55. The van der Waals surface area contributed by atoms with Gasteiger partial charge in [-0.15, -0.1) is 10.2 Å². The Balaban J connectivity index is 1.48. The number of nitrogens with one attached hydrogen (secondary N) is 1. The molecule has 1 amide bonds. The Morgan fingerprint density at radius 3 is 2.44 bits per heavy atom. The molecule has 0 saturated carbocycles. The van der Waals surface area contributed by atoms with Crippen LogP contribution in [0.25, 0.3) is 0 Å². The molecule has 0 radical (unpaired) electrons. The number of carbonyl (C=O) groups is 1. The molecule has 1 aliphatic rings. The van der Waals surface area contributed by atoms with Crippen LogP contribution in [0.2, 0.25) is 0 Å². The van der Waals surface area contributed by atoms with Crippen molar-refractivity contribution in [2.24, 2.45) is 0 Å². The fourth-order valence-corrected chi connectivity index (χ4v) is 2.96. The van der Waals surface area contributed by atoms with Crippen LogP contribution in [-0.4, -0.2) is 53.7 Å². The van der Waals surface area contributed by atoms with Crippen molar-refractivity contribution in [1.29, 1.82) is 0 Å². The van der Waals surface area contributed by atoms with Crippen LogP contribution in [0.5, 0.6) is 0 Å². The molecule has 0 atom stereocenters. The normalized spacial score (nSPS) is 15.2. The number of anilines is 2. The SMILES string of the molecule is CCN1CCN(c2ccc(NC(=O)CCc3ccccc3)nn2)CC1. The molecule has 3 rings (SSSR count). The van der Waals surface area contributed by atoms with E-state index >= 15 is 0 Å². The molecule has 1 N–H and O–H groups in total. The number of amides is 1. The second kappa shape index (κ2) is 8.58. The average molecular weight is 339 g/mol. The van der Waals surface area contributed by atoms with Crippen molar-refractivity contribution in [3.8, 4) is 0 Å². The van der Waals surface area contributed by atoms with Crippen molar-refractivity contribution in [3.63, 3.8) is 0 Å². The van der Waals surface area contributed by atoms with Crippen molar-refractivity contribution < 1.29 is 4.79 Å². The Hall–Kier alpha value is -2.47. The Labute approximate surface area is 148 Å². The molecule has 0 spiro atoms. The maximum atomic E-state index is 12.0. The Morgan fingerprint density at radius 2 is 1.80 bits per heavy atom. The monoisotopic (exact) mass is 339 g/mol. The van der Waals surface area contributed by atoms with E-state index in [1.807, 2.05) is 42.5 Å². The van der Waals surface area contributed by atoms with Crippen molar-refractivity contribution in [2.45, 2.75) is 19.8 Å². The topological polar surface area (TPSA) is 61.4 Å². The predicted molar refractivity (Wildman–Crippen MR) is 99.8 cm³/mol. The number of hydrogen-bond donors (Lipinski definition) is 1. The predicted octanol–water partition coefficient (Wildman–Crippen LogP) is 2.19. The number of hydrogen-bond acceptors (Lipinski definition) is 5. The van der Waals surface area contributed by atoms with Gasteiger partial charge in [-0.1, -0.05) is 37.3 Å². The van der Waals surface area contributed by atoms with Gasteiger partial charge in [-0.05, 0) is 30.7 Å². The van der Waals surface area contributed by atoms with E-state index in [-0.39, 0.29) is 5.91 Å². The van der Waals surface area contributed by atoms with Crippen LogP contribution in [0, 0.1) is 0 Å². The minimum Gasteiger partial charge on any atom is -0.353 e. The fourth-order valence-electron chi connectivity index (χ4n) is 2.96. The molecular formula is C19H25N5O. The molecule has 1 aliphatic heterocycles. The molecule has 0 unspecified atom stereocenters. The van der Waals surface area contributed by atoms with E-state index in [2.05, 4.69) is 32.2 Å². The zero-order valence-corrected chi connectivity index (χ0v) is 14.7. The highest BCUT2D eigenvalue weighted by atomic mass is 16.1. The lowest BCUT2D eigenvalue weighted by Crippen LogP contribution is -2.46. The average Bonchev–Trinajstić information content (AvgIpc) is 2.68.